The third-order valence-electron chi connectivity index (χ3n) is 2.51. The first-order valence-corrected chi connectivity index (χ1v) is 6.99. The molecular formula is C12H17KO3S. The summed E-state index contributed by atoms with van der Waals surface area (Å²) in [5, 5.41) is 0. The normalized spacial score (nSPS) is 10.9. The van der Waals surface area contributed by atoms with Gasteiger partial charge in [-0.15, -0.1) is 0 Å². The molecular weight excluding hydrogens is 263 g/mol. The Morgan fingerprint density at radius 2 is 1.88 bits per heavy atom. The minimum absolute atomic E-state index is 0. The Kier molecular flexibility index (Phi) is 9.19. The molecule has 1 rings (SSSR count). The van der Waals surface area contributed by atoms with Gasteiger partial charge in [0.25, 0.3) is 0 Å². The number of unbranched alkanes of at least 4 members (excludes halogenated alkanes) is 3. The van der Waals surface area contributed by atoms with Crippen LogP contribution < -0.4 is 51.4 Å². The van der Waals surface area contributed by atoms with Gasteiger partial charge < -0.3 is 4.55 Å². The van der Waals surface area contributed by atoms with Gasteiger partial charge in [-0.05, 0) is 30.5 Å². The van der Waals surface area contributed by atoms with E-state index in [4.69, 9.17) is 0 Å². The predicted octanol–water partition coefficient (Wildman–Crippen LogP) is -0.282. The van der Waals surface area contributed by atoms with Crippen LogP contribution in [0.25, 0.3) is 0 Å². The maximum Gasteiger partial charge on any atom is 1.00 e. The molecule has 0 N–H and O–H groups in total. The Labute approximate surface area is 146 Å². The SMILES string of the molecule is CCCCCCc1cccc(S(=O)(=O)[O-])c1.[K+]. The molecule has 17 heavy (non-hydrogen) atoms. The van der Waals surface area contributed by atoms with Crippen molar-refractivity contribution >= 4 is 10.1 Å². The Balaban J connectivity index is 0.00000256. The van der Waals surface area contributed by atoms with Crippen LogP contribution in [0.1, 0.15) is 38.2 Å². The molecule has 1 aromatic carbocycles. The largest absolute Gasteiger partial charge is 1.00 e. The van der Waals surface area contributed by atoms with Crippen LogP contribution >= 0.6 is 0 Å². The van der Waals surface area contributed by atoms with E-state index in [9.17, 15) is 13.0 Å². The van der Waals surface area contributed by atoms with E-state index in [-0.39, 0.29) is 56.3 Å². The second-order valence-corrected chi connectivity index (χ2v) is 5.29. The van der Waals surface area contributed by atoms with Gasteiger partial charge in [-0.3, -0.25) is 0 Å². The molecule has 0 aliphatic rings. The smallest absolute Gasteiger partial charge is 0.744 e. The molecule has 0 saturated heterocycles. The minimum atomic E-state index is -4.31. The van der Waals surface area contributed by atoms with Crippen molar-refractivity contribution < 1.29 is 64.4 Å². The summed E-state index contributed by atoms with van der Waals surface area (Å²) >= 11 is 0. The molecule has 0 amide bonds. The fraction of sp³-hybridized carbons (Fsp3) is 0.500. The molecule has 0 aliphatic carbocycles. The first-order chi connectivity index (χ1) is 7.54. The maximum absolute atomic E-state index is 10.8. The number of aryl methyl sites for hydroxylation is 1. The van der Waals surface area contributed by atoms with Gasteiger partial charge in [-0.2, -0.15) is 0 Å². The van der Waals surface area contributed by atoms with E-state index >= 15 is 0 Å². The van der Waals surface area contributed by atoms with Crippen LogP contribution in [0.3, 0.4) is 0 Å². The summed E-state index contributed by atoms with van der Waals surface area (Å²) < 4.78 is 32.4. The van der Waals surface area contributed by atoms with E-state index in [2.05, 4.69) is 6.92 Å². The van der Waals surface area contributed by atoms with Crippen molar-refractivity contribution in [3.05, 3.63) is 29.8 Å². The zero-order valence-corrected chi connectivity index (χ0v) is 14.4. The monoisotopic (exact) mass is 280 g/mol. The molecule has 0 fully saturated rings. The predicted molar refractivity (Wildman–Crippen MR) is 62.3 cm³/mol. The maximum atomic E-state index is 10.8. The molecule has 5 heteroatoms. The van der Waals surface area contributed by atoms with Gasteiger partial charge in [-0.1, -0.05) is 38.3 Å². The Morgan fingerprint density at radius 1 is 1.18 bits per heavy atom. The topological polar surface area (TPSA) is 57.2 Å². The number of rotatable bonds is 6. The minimum Gasteiger partial charge on any atom is -0.744 e. The number of hydrogen-bond acceptors (Lipinski definition) is 3. The number of benzene rings is 1. The molecule has 0 saturated carbocycles. The zero-order chi connectivity index (χ0) is 12.0. The third kappa shape index (κ3) is 7.05. The number of hydrogen-bond donors (Lipinski definition) is 0. The van der Waals surface area contributed by atoms with Crippen LogP contribution in [0.2, 0.25) is 0 Å². The van der Waals surface area contributed by atoms with Crippen molar-refractivity contribution in [2.45, 2.75) is 43.9 Å². The molecule has 0 heterocycles. The van der Waals surface area contributed by atoms with Crippen LogP contribution in [0.5, 0.6) is 0 Å². The summed E-state index contributed by atoms with van der Waals surface area (Å²) in [6.07, 6.45) is 5.39. The molecule has 90 valence electrons. The molecule has 0 aromatic heterocycles. The average molecular weight is 280 g/mol. The van der Waals surface area contributed by atoms with Crippen molar-refractivity contribution in [2.75, 3.05) is 0 Å². The van der Waals surface area contributed by atoms with E-state index in [0.29, 0.717) is 0 Å². The fourth-order valence-electron chi connectivity index (χ4n) is 1.61. The van der Waals surface area contributed by atoms with Crippen LogP contribution in [-0.2, 0) is 16.5 Å². The Hall–Kier alpha value is 0.766. The van der Waals surface area contributed by atoms with Gasteiger partial charge in [-0.25, -0.2) is 8.42 Å². The molecule has 0 atom stereocenters. The van der Waals surface area contributed by atoms with Crippen molar-refractivity contribution in [3.8, 4) is 0 Å². The van der Waals surface area contributed by atoms with Crippen LogP contribution in [0.4, 0.5) is 0 Å². The van der Waals surface area contributed by atoms with Gasteiger partial charge >= 0.3 is 51.4 Å². The summed E-state index contributed by atoms with van der Waals surface area (Å²) in [5.41, 5.74) is 0.924. The second kappa shape index (κ2) is 8.80. The average Bonchev–Trinajstić information content (AvgIpc) is 2.24. The Bertz CT molecular complexity index is 429. The van der Waals surface area contributed by atoms with Gasteiger partial charge in [0.15, 0.2) is 0 Å². The van der Waals surface area contributed by atoms with Crippen LogP contribution in [0, 0.1) is 0 Å². The summed E-state index contributed by atoms with van der Waals surface area (Å²) in [5.74, 6) is 0. The molecule has 0 radical (unpaired) electrons. The van der Waals surface area contributed by atoms with Gasteiger partial charge in [0, 0.05) is 0 Å². The molecule has 3 nitrogen and oxygen atoms in total. The second-order valence-electron chi connectivity index (χ2n) is 3.91. The van der Waals surface area contributed by atoms with E-state index in [1.165, 1.54) is 25.0 Å². The summed E-state index contributed by atoms with van der Waals surface area (Å²) in [6, 6.07) is 6.31. The van der Waals surface area contributed by atoms with E-state index in [0.717, 1.165) is 24.8 Å². The van der Waals surface area contributed by atoms with Gasteiger partial charge in [0.05, 0.1) is 4.90 Å². The van der Waals surface area contributed by atoms with E-state index in [1.54, 1.807) is 6.07 Å². The van der Waals surface area contributed by atoms with E-state index < -0.39 is 10.1 Å². The van der Waals surface area contributed by atoms with Crippen molar-refractivity contribution in [2.24, 2.45) is 0 Å². The summed E-state index contributed by atoms with van der Waals surface area (Å²) in [6.45, 7) is 2.14. The van der Waals surface area contributed by atoms with Crippen molar-refractivity contribution in [3.63, 3.8) is 0 Å². The molecule has 0 unspecified atom stereocenters. The van der Waals surface area contributed by atoms with Crippen molar-refractivity contribution in [1.29, 1.82) is 0 Å². The standard InChI is InChI=1S/C12H18O3S.K/c1-2-3-4-5-7-11-8-6-9-12(10-11)16(13,14)15;/h6,8-10H,2-5,7H2,1H3,(H,13,14,15);/q;+1/p-1. The molecule has 0 bridgehead atoms. The van der Waals surface area contributed by atoms with Gasteiger partial charge in [0.2, 0.25) is 0 Å². The van der Waals surface area contributed by atoms with Gasteiger partial charge in [0.1, 0.15) is 10.1 Å². The van der Waals surface area contributed by atoms with Crippen LogP contribution in [0.15, 0.2) is 29.2 Å². The molecule has 0 aliphatic heterocycles. The van der Waals surface area contributed by atoms with Crippen molar-refractivity contribution in [1.82, 2.24) is 0 Å². The third-order valence-corrected chi connectivity index (χ3v) is 3.34. The summed E-state index contributed by atoms with van der Waals surface area (Å²) in [7, 11) is -4.31. The molecule has 0 spiro atoms. The zero-order valence-electron chi connectivity index (χ0n) is 10.5. The Morgan fingerprint density at radius 3 is 2.47 bits per heavy atom. The van der Waals surface area contributed by atoms with Crippen LogP contribution in [-0.4, -0.2) is 13.0 Å². The quantitative estimate of drug-likeness (QED) is 0.409. The first-order valence-electron chi connectivity index (χ1n) is 5.59. The fourth-order valence-corrected chi connectivity index (χ4v) is 2.15. The van der Waals surface area contributed by atoms with E-state index in [1.807, 2.05) is 6.07 Å². The summed E-state index contributed by atoms with van der Waals surface area (Å²) in [4.78, 5) is -0.125. The molecule has 1 aromatic rings. The first kappa shape index (κ1) is 17.8.